The first kappa shape index (κ1) is 15.7. The van der Waals surface area contributed by atoms with Gasteiger partial charge >= 0.3 is 0 Å². The fourth-order valence-electron chi connectivity index (χ4n) is 1.75. The Bertz CT molecular complexity index is 397. The topological polar surface area (TPSA) is 85.1 Å². The van der Waals surface area contributed by atoms with E-state index >= 15 is 0 Å². The normalized spacial score (nSPS) is 12.3. The van der Waals surface area contributed by atoms with Crippen LogP contribution in [0.15, 0.2) is 0 Å². The molecule has 0 aromatic carbocycles. The van der Waals surface area contributed by atoms with Gasteiger partial charge in [0, 0.05) is 24.6 Å². The Hall–Kier alpha value is -1.40. The summed E-state index contributed by atoms with van der Waals surface area (Å²) >= 11 is 0. The maximum atomic E-state index is 5.50. The number of hydrogen-bond acceptors (Lipinski definition) is 6. The van der Waals surface area contributed by atoms with Crippen LogP contribution in [-0.2, 0) is 11.2 Å². The zero-order chi connectivity index (χ0) is 14.3. The molecule has 19 heavy (non-hydrogen) atoms. The highest BCUT2D eigenvalue weighted by Crippen LogP contribution is 2.20. The van der Waals surface area contributed by atoms with Crippen LogP contribution >= 0.6 is 0 Å². The number of nitrogens with zero attached hydrogens (tertiary/aromatic N) is 2. The van der Waals surface area contributed by atoms with Crippen molar-refractivity contribution in [1.29, 1.82) is 0 Å². The average Bonchev–Trinajstić information content (AvgIpc) is 2.40. The summed E-state index contributed by atoms with van der Waals surface area (Å²) in [7, 11) is 0. The van der Waals surface area contributed by atoms with Crippen LogP contribution in [0.5, 0.6) is 0 Å². The summed E-state index contributed by atoms with van der Waals surface area (Å²) in [6.07, 6.45) is 1.84. The van der Waals surface area contributed by atoms with Crippen molar-refractivity contribution in [3.8, 4) is 0 Å². The Morgan fingerprint density at radius 3 is 2.53 bits per heavy atom. The van der Waals surface area contributed by atoms with Gasteiger partial charge in [-0.25, -0.2) is 15.8 Å². The van der Waals surface area contributed by atoms with Crippen LogP contribution in [0, 0.1) is 6.92 Å². The molecule has 0 aliphatic rings. The first-order valence-corrected chi connectivity index (χ1v) is 6.80. The first-order chi connectivity index (χ1) is 9.12. The van der Waals surface area contributed by atoms with E-state index in [4.69, 9.17) is 10.6 Å². The zero-order valence-corrected chi connectivity index (χ0v) is 12.3. The summed E-state index contributed by atoms with van der Waals surface area (Å²) in [5.41, 5.74) is 3.55. The molecule has 6 nitrogen and oxygen atoms in total. The molecule has 6 heteroatoms. The number of nitrogens with two attached hydrogens (primary N) is 1. The fourth-order valence-corrected chi connectivity index (χ4v) is 1.75. The lowest BCUT2D eigenvalue weighted by Gasteiger charge is -2.18. The maximum Gasteiger partial charge on any atom is 0.148 e. The van der Waals surface area contributed by atoms with Crippen LogP contribution in [0.1, 0.15) is 38.6 Å². The second-order valence-corrected chi connectivity index (χ2v) is 4.56. The van der Waals surface area contributed by atoms with Crippen molar-refractivity contribution in [3.05, 3.63) is 11.4 Å². The third-order valence-corrected chi connectivity index (χ3v) is 2.76. The van der Waals surface area contributed by atoms with E-state index in [1.54, 1.807) is 0 Å². The van der Waals surface area contributed by atoms with Gasteiger partial charge < -0.3 is 15.5 Å². The fraction of sp³-hybridized carbons (Fsp3) is 0.692. The van der Waals surface area contributed by atoms with Crippen LogP contribution in [-0.4, -0.2) is 29.2 Å². The summed E-state index contributed by atoms with van der Waals surface area (Å²) in [6.45, 7) is 9.45. The number of ether oxygens (including phenoxy) is 1. The minimum atomic E-state index is 0.189. The minimum absolute atomic E-state index is 0.189. The molecule has 0 fully saturated rings. The summed E-state index contributed by atoms with van der Waals surface area (Å²) in [5, 5.41) is 3.35. The molecule has 0 amide bonds. The molecule has 0 saturated heterocycles. The van der Waals surface area contributed by atoms with E-state index in [9.17, 15) is 0 Å². The van der Waals surface area contributed by atoms with Crippen molar-refractivity contribution >= 4 is 11.6 Å². The Balaban J connectivity index is 2.88. The van der Waals surface area contributed by atoms with Gasteiger partial charge in [0.1, 0.15) is 17.5 Å². The van der Waals surface area contributed by atoms with Gasteiger partial charge in [-0.05, 0) is 27.2 Å². The number of aromatic nitrogens is 2. The van der Waals surface area contributed by atoms with Gasteiger partial charge in [0.15, 0.2) is 0 Å². The third-order valence-electron chi connectivity index (χ3n) is 2.76. The minimum Gasteiger partial charge on any atom is -0.380 e. The molecule has 4 N–H and O–H groups in total. The van der Waals surface area contributed by atoms with Crippen molar-refractivity contribution in [2.75, 3.05) is 24.0 Å². The average molecular weight is 267 g/mol. The van der Waals surface area contributed by atoms with Crippen molar-refractivity contribution in [3.63, 3.8) is 0 Å². The number of anilines is 2. The van der Waals surface area contributed by atoms with Crippen LogP contribution in [0.3, 0.4) is 0 Å². The molecule has 0 saturated carbocycles. The lowest BCUT2D eigenvalue weighted by atomic mass is 10.2. The number of nitrogens with one attached hydrogen (secondary N) is 2. The number of aryl methyl sites for hydroxylation is 1. The molecule has 108 valence electrons. The Labute approximate surface area is 115 Å². The van der Waals surface area contributed by atoms with Crippen LogP contribution in [0.2, 0.25) is 0 Å². The van der Waals surface area contributed by atoms with Gasteiger partial charge in [-0.15, -0.1) is 0 Å². The third kappa shape index (κ3) is 4.65. The smallest absolute Gasteiger partial charge is 0.148 e. The predicted octanol–water partition coefficient (Wildman–Crippen LogP) is 1.86. The van der Waals surface area contributed by atoms with Crippen LogP contribution in [0.4, 0.5) is 11.6 Å². The van der Waals surface area contributed by atoms with Gasteiger partial charge in [-0.3, -0.25) is 0 Å². The molecule has 1 rings (SSSR count). The summed E-state index contributed by atoms with van der Waals surface area (Å²) < 4.78 is 5.40. The van der Waals surface area contributed by atoms with Gasteiger partial charge in [-0.1, -0.05) is 6.92 Å². The van der Waals surface area contributed by atoms with Gasteiger partial charge in [0.05, 0.1) is 6.61 Å². The van der Waals surface area contributed by atoms with Crippen LogP contribution < -0.4 is 16.6 Å². The quantitative estimate of drug-likeness (QED) is 0.492. The Morgan fingerprint density at radius 1 is 1.26 bits per heavy atom. The second-order valence-electron chi connectivity index (χ2n) is 4.56. The Morgan fingerprint density at radius 2 is 1.95 bits per heavy atom. The van der Waals surface area contributed by atoms with Gasteiger partial charge in [0.25, 0.3) is 0 Å². The molecular formula is C13H25N5O. The van der Waals surface area contributed by atoms with Crippen molar-refractivity contribution in [2.24, 2.45) is 5.84 Å². The molecule has 0 bridgehead atoms. The maximum absolute atomic E-state index is 5.50. The molecule has 0 radical (unpaired) electrons. The van der Waals surface area contributed by atoms with Crippen LogP contribution in [0.25, 0.3) is 0 Å². The largest absolute Gasteiger partial charge is 0.380 e. The predicted molar refractivity (Wildman–Crippen MR) is 78.2 cm³/mol. The number of nitrogen functional groups attached to an aromatic ring is 1. The number of rotatable bonds is 8. The highest BCUT2D eigenvalue weighted by molar-refractivity contribution is 5.57. The molecule has 1 aromatic rings. The van der Waals surface area contributed by atoms with Crippen molar-refractivity contribution in [1.82, 2.24) is 9.97 Å². The van der Waals surface area contributed by atoms with Gasteiger partial charge in [-0.2, -0.15) is 0 Å². The molecule has 1 heterocycles. The summed E-state index contributed by atoms with van der Waals surface area (Å²) in [5.74, 6) is 7.79. The first-order valence-electron chi connectivity index (χ1n) is 6.80. The molecule has 0 spiro atoms. The van der Waals surface area contributed by atoms with E-state index in [2.05, 4.69) is 34.6 Å². The monoisotopic (exact) mass is 267 g/mol. The van der Waals surface area contributed by atoms with Crippen molar-refractivity contribution < 1.29 is 4.74 Å². The van der Waals surface area contributed by atoms with E-state index in [1.165, 1.54) is 0 Å². The summed E-state index contributed by atoms with van der Waals surface area (Å²) in [4.78, 5) is 8.94. The number of hydrazine groups is 1. The highest BCUT2D eigenvalue weighted by atomic mass is 16.5. The molecule has 1 aromatic heterocycles. The molecule has 1 unspecified atom stereocenters. The lowest BCUT2D eigenvalue weighted by Crippen LogP contribution is -2.24. The molecular weight excluding hydrogens is 242 g/mol. The zero-order valence-electron chi connectivity index (χ0n) is 12.3. The highest BCUT2D eigenvalue weighted by Gasteiger charge is 2.12. The Kier molecular flexibility index (Phi) is 6.52. The van der Waals surface area contributed by atoms with E-state index in [1.807, 2.05) is 13.8 Å². The van der Waals surface area contributed by atoms with E-state index in [0.29, 0.717) is 19.0 Å². The lowest BCUT2D eigenvalue weighted by molar-refractivity contribution is 0.141. The second kappa shape index (κ2) is 7.91. The van der Waals surface area contributed by atoms with Gasteiger partial charge in [0.2, 0.25) is 0 Å². The van der Waals surface area contributed by atoms with E-state index < -0.39 is 0 Å². The van der Waals surface area contributed by atoms with Crippen molar-refractivity contribution in [2.45, 2.75) is 46.6 Å². The molecule has 0 aliphatic heterocycles. The molecule has 0 aliphatic carbocycles. The standard InChI is InChI=1S/C13H25N5O/c1-5-7-11-16-12(10(4)13(17-11)18-14)15-9(3)8-19-6-2/h9H,5-8,14H2,1-4H3,(H2,15,16,17,18). The summed E-state index contributed by atoms with van der Waals surface area (Å²) in [6, 6.07) is 0.189. The van der Waals surface area contributed by atoms with E-state index in [0.717, 1.165) is 30.0 Å². The number of hydrogen-bond donors (Lipinski definition) is 3. The molecule has 1 atom stereocenters. The van der Waals surface area contributed by atoms with E-state index in [-0.39, 0.29) is 6.04 Å². The SMILES string of the molecule is CCCc1nc(NN)c(C)c(NC(C)COCC)n1.